The molecule has 8 heteroatoms. The number of aromatic nitrogens is 2. The third kappa shape index (κ3) is 3.90. The summed E-state index contributed by atoms with van der Waals surface area (Å²) in [6.45, 7) is 4.37. The Kier molecular flexibility index (Phi) is 5.31. The van der Waals surface area contributed by atoms with Crippen LogP contribution in [-0.2, 0) is 9.53 Å². The van der Waals surface area contributed by atoms with E-state index in [0.717, 1.165) is 18.9 Å². The molecule has 26 heavy (non-hydrogen) atoms. The monoisotopic (exact) mass is 355 g/mol. The number of anilines is 3. The molecule has 1 fully saturated rings. The van der Waals surface area contributed by atoms with Crippen molar-refractivity contribution >= 4 is 29.3 Å². The standard InChI is InChI=1S/C18H21N5O3/c1-13(24)22-9-11-23(12-10-22)16-7-8-19-18(21-16)20-15-6-4-3-5-14(15)17(25)26-2/h3-8H,9-12H2,1-2H3,(H,19,20,21). The number of para-hydroxylation sites is 1. The molecule has 1 amide bonds. The van der Waals surface area contributed by atoms with Gasteiger partial charge < -0.3 is 19.9 Å². The van der Waals surface area contributed by atoms with Gasteiger partial charge in [-0.1, -0.05) is 12.1 Å². The Bertz CT molecular complexity index is 803. The summed E-state index contributed by atoms with van der Waals surface area (Å²) in [6, 6.07) is 8.87. The number of methoxy groups -OCH3 is 1. The Morgan fingerprint density at radius 1 is 1.12 bits per heavy atom. The maximum Gasteiger partial charge on any atom is 0.339 e. The molecule has 0 aliphatic carbocycles. The zero-order chi connectivity index (χ0) is 18.5. The van der Waals surface area contributed by atoms with Crippen molar-refractivity contribution in [1.29, 1.82) is 0 Å². The first-order valence-electron chi connectivity index (χ1n) is 8.36. The van der Waals surface area contributed by atoms with Crippen molar-refractivity contribution in [2.45, 2.75) is 6.92 Å². The van der Waals surface area contributed by atoms with Gasteiger partial charge in [0.25, 0.3) is 0 Å². The van der Waals surface area contributed by atoms with Gasteiger partial charge in [-0.15, -0.1) is 0 Å². The Balaban J connectivity index is 1.75. The molecule has 2 heterocycles. The number of ether oxygens (including phenoxy) is 1. The summed E-state index contributed by atoms with van der Waals surface area (Å²) in [5.41, 5.74) is 0.997. The SMILES string of the molecule is COC(=O)c1ccccc1Nc1nccc(N2CCN(C(C)=O)CC2)n1. The summed E-state index contributed by atoms with van der Waals surface area (Å²) < 4.78 is 4.80. The Morgan fingerprint density at radius 2 is 1.85 bits per heavy atom. The minimum absolute atomic E-state index is 0.0918. The molecule has 136 valence electrons. The van der Waals surface area contributed by atoms with Gasteiger partial charge in [-0.25, -0.2) is 9.78 Å². The van der Waals surface area contributed by atoms with Gasteiger partial charge in [0, 0.05) is 39.3 Å². The second-order valence-corrected chi connectivity index (χ2v) is 5.89. The summed E-state index contributed by atoms with van der Waals surface area (Å²) in [5.74, 6) is 0.841. The first-order valence-corrected chi connectivity index (χ1v) is 8.36. The molecule has 2 aromatic rings. The fraction of sp³-hybridized carbons (Fsp3) is 0.333. The molecule has 3 rings (SSSR count). The topological polar surface area (TPSA) is 87.7 Å². The van der Waals surface area contributed by atoms with Gasteiger partial charge in [0.2, 0.25) is 11.9 Å². The predicted molar refractivity (Wildman–Crippen MR) is 97.6 cm³/mol. The van der Waals surface area contributed by atoms with Crippen LogP contribution in [0.15, 0.2) is 36.5 Å². The van der Waals surface area contributed by atoms with Crippen LogP contribution in [0, 0.1) is 0 Å². The zero-order valence-electron chi connectivity index (χ0n) is 14.8. The van der Waals surface area contributed by atoms with Crippen LogP contribution in [-0.4, -0.2) is 60.0 Å². The number of nitrogens with one attached hydrogen (secondary N) is 1. The Hall–Kier alpha value is -3.16. The van der Waals surface area contributed by atoms with Crippen molar-refractivity contribution in [2.75, 3.05) is 43.5 Å². The van der Waals surface area contributed by atoms with Crippen molar-refractivity contribution in [1.82, 2.24) is 14.9 Å². The van der Waals surface area contributed by atoms with Gasteiger partial charge in [0.05, 0.1) is 18.4 Å². The van der Waals surface area contributed by atoms with Crippen molar-refractivity contribution in [2.24, 2.45) is 0 Å². The van der Waals surface area contributed by atoms with Crippen LogP contribution < -0.4 is 10.2 Å². The van der Waals surface area contributed by atoms with E-state index in [0.29, 0.717) is 30.3 Å². The quantitative estimate of drug-likeness (QED) is 0.835. The van der Waals surface area contributed by atoms with Crippen LogP contribution in [0.1, 0.15) is 17.3 Å². The molecule has 0 bridgehead atoms. The highest BCUT2D eigenvalue weighted by molar-refractivity contribution is 5.96. The first kappa shape index (κ1) is 17.7. The lowest BCUT2D eigenvalue weighted by atomic mass is 10.2. The van der Waals surface area contributed by atoms with E-state index in [9.17, 15) is 9.59 Å². The maximum atomic E-state index is 11.9. The number of hydrogen-bond acceptors (Lipinski definition) is 7. The minimum atomic E-state index is -0.426. The van der Waals surface area contributed by atoms with Crippen LogP contribution in [0.2, 0.25) is 0 Å². The summed E-state index contributed by atoms with van der Waals surface area (Å²) in [7, 11) is 1.34. The number of rotatable bonds is 4. The lowest BCUT2D eigenvalue weighted by Crippen LogP contribution is -2.48. The van der Waals surface area contributed by atoms with Crippen molar-refractivity contribution < 1.29 is 14.3 Å². The molecule has 1 aliphatic heterocycles. The molecule has 0 unspecified atom stereocenters. The normalized spacial score (nSPS) is 14.1. The van der Waals surface area contributed by atoms with Crippen LogP contribution in [0.4, 0.5) is 17.5 Å². The van der Waals surface area contributed by atoms with Crippen molar-refractivity contribution in [3.05, 3.63) is 42.1 Å². The molecule has 0 radical (unpaired) electrons. The Labute approximate surface area is 151 Å². The van der Waals surface area contributed by atoms with E-state index in [-0.39, 0.29) is 5.91 Å². The van der Waals surface area contributed by atoms with Gasteiger partial charge in [-0.2, -0.15) is 4.98 Å². The maximum absolute atomic E-state index is 11.9. The lowest BCUT2D eigenvalue weighted by molar-refractivity contribution is -0.129. The number of nitrogens with zero attached hydrogens (tertiary/aromatic N) is 4. The molecule has 0 atom stereocenters. The summed E-state index contributed by atoms with van der Waals surface area (Å²) in [4.78, 5) is 36.0. The van der Waals surface area contributed by atoms with E-state index < -0.39 is 5.97 Å². The number of carbonyl (C=O) groups is 2. The number of amides is 1. The zero-order valence-corrected chi connectivity index (χ0v) is 14.8. The van der Waals surface area contributed by atoms with E-state index in [1.54, 1.807) is 31.3 Å². The van der Waals surface area contributed by atoms with Crippen molar-refractivity contribution in [3.63, 3.8) is 0 Å². The molecule has 1 saturated heterocycles. The molecule has 1 aromatic carbocycles. The van der Waals surface area contributed by atoms with Gasteiger partial charge in [0.1, 0.15) is 5.82 Å². The highest BCUT2D eigenvalue weighted by Crippen LogP contribution is 2.21. The highest BCUT2D eigenvalue weighted by Gasteiger charge is 2.20. The van der Waals surface area contributed by atoms with E-state index >= 15 is 0 Å². The third-order valence-electron chi connectivity index (χ3n) is 4.27. The molecule has 0 spiro atoms. The molecular formula is C18H21N5O3. The van der Waals surface area contributed by atoms with E-state index in [1.165, 1.54) is 7.11 Å². The van der Waals surface area contributed by atoms with Crippen LogP contribution in [0.3, 0.4) is 0 Å². The first-order chi connectivity index (χ1) is 12.6. The van der Waals surface area contributed by atoms with Crippen LogP contribution >= 0.6 is 0 Å². The second-order valence-electron chi connectivity index (χ2n) is 5.89. The van der Waals surface area contributed by atoms with E-state index in [4.69, 9.17) is 4.74 Å². The number of benzene rings is 1. The smallest absolute Gasteiger partial charge is 0.339 e. The number of piperazine rings is 1. The summed E-state index contributed by atoms with van der Waals surface area (Å²) in [5, 5.41) is 3.08. The molecule has 1 aromatic heterocycles. The summed E-state index contributed by atoms with van der Waals surface area (Å²) >= 11 is 0. The molecule has 0 saturated carbocycles. The minimum Gasteiger partial charge on any atom is -0.465 e. The average Bonchev–Trinajstić information content (AvgIpc) is 2.68. The van der Waals surface area contributed by atoms with Gasteiger partial charge in [-0.05, 0) is 18.2 Å². The fourth-order valence-electron chi connectivity index (χ4n) is 2.84. The van der Waals surface area contributed by atoms with Gasteiger partial charge in [-0.3, -0.25) is 4.79 Å². The fourth-order valence-corrected chi connectivity index (χ4v) is 2.84. The molecular weight excluding hydrogens is 334 g/mol. The predicted octanol–water partition coefficient (Wildman–Crippen LogP) is 1.68. The average molecular weight is 355 g/mol. The lowest BCUT2D eigenvalue weighted by Gasteiger charge is -2.34. The van der Waals surface area contributed by atoms with Crippen LogP contribution in [0.5, 0.6) is 0 Å². The number of esters is 1. The Morgan fingerprint density at radius 3 is 2.54 bits per heavy atom. The van der Waals surface area contributed by atoms with Crippen molar-refractivity contribution in [3.8, 4) is 0 Å². The largest absolute Gasteiger partial charge is 0.465 e. The molecule has 1 aliphatic rings. The van der Waals surface area contributed by atoms with Gasteiger partial charge in [0.15, 0.2) is 0 Å². The van der Waals surface area contributed by atoms with E-state index in [2.05, 4.69) is 20.2 Å². The second kappa shape index (κ2) is 7.81. The number of carbonyl (C=O) groups excluding carboxylic acids is 2. The highest BCUT2D eigenvalue weighted by atomic mass is 16.5. The summed E-state index contributed by atoms with van der Waals surface area (Å²) in [6.07, 6.45) is 1.67. The molecule has 8 nitrogen and oxygen atoms in total. The number of hydrogen-bond donors (Lipinski definition) is 1. The third-order valence-corrected chi connectivity index (χ3v) is 4.27. The van der Waals surface area contributed by atoms with E-state index in [1.807, 2.05) is 17.0 Å². The van der Waals surface area contributed by atoms with Crippen LogP contribution in [0.25, 0.3) is 0 Å². The molecule has 1 N–H and O–H groups in total. The van der Waals surface area contributed by atoms with Gasteiger partial charge >= 0.3 is 5.97 Å².